The summed E-state index contributed by atoms with van der Waals surface area (Å²) in [6.45, 7) is 7.25. The summed E-state index contributed by atoms with van der Waals surface area (Å²) in [5, 5.41) is 6.64. The van der Waals surface area contributed by atoms with Crippen molar-refractivity contribution in [3.63, 3.8) is 0 Å². The van der Waals surface area contributed by atoms with Crippen LogP contribution in [0.3, 0.4) is 0 Å². The van der Waals surface area contributed by atoms with Crippen LogP contribution in [-0.4, -0.2) is 30.2 Å². The molecule has 0 amide bonds. The van der Waals surface area contributed by atoms with Crippen molar-refractivity contribution in [2.45, 2.75) is 20.8 Å². The molecule has 0 atom stereocenters. The second-order valence-electron chi connectivity index (χ2n) is 6.56. The normalized spacial score (nSPS) is 10.4. The van der Waals surface area contributed by atoms with E-state index in [2.05, 4.69) is 46.6 Å². The highest BCUT2D eigenvalue weighted by atomic mass is 16.5. The highest BCUT2D eigenvalue weighted by molar-refractivity contribution is 5.63. The van der Waals surface area contributed by atoms with Crippen LogP contribution in [0.25, 0.3) is 0 Å². The van der Waals surface area contributed by atoms with Crippen LogP contribution in [-0.2, 0) is 0 Å². The molecule has 1 aromatic heterocycles. The lowest BCUT2D eigenvalue weighted by molar-refractivity contribution is 0.331. The van der Waals surface area contributed by atoms with E-state index in [1.54, 1.807) is 7.11 Å². The van der Waals surface area contributed by atoms with Crippen molar-refractivity contribution in [2.75, 3.05) is 30.9 Å². The van der Waals surface area contributed by atoms with E-state index in [0.29, 0.717) is 19.1 Å². The molecule has 146 valence electrons. The predicted octanol–water partition coefficient (Wildman–Crippen LogP) is 4.64. The smallest absolute Gasteiger partial charge is 0.229 e. The molecule has 0 unspecified atom stereocenters. The SMILES string of the molecule is COc1ccc(OCCNc2cc(C)nc(Nc3c(C)cccc3C)n2)cc1. The number of aromatic nitrogens is 2. The fraction of sp³-hybridized carbons (Fsp3) is 0.273. The molecule has 28 heavy (non-hydrogen) atoms. The van der Waals surface area contributed by atoms with Crippen LogP contribution in [0.2, 0.25) is 0 Å². The average molecular weight is 378 g/mol. The Morgan fingerprint density at radius 3 is 2.25 bits per heavy atom. The minimum atomic E-state index is 0.523. The van der Waals surface area contributed by atoms with Gasteiger partial charge in [-0.25, -0.2) is 4.98 Å². The van der Waals surface area contributed by atoms with Gasteiger partial charge < -0.3 is 20.1 Å². The first-order valence-electron chi connectivity index (χ1n) is 9.25. The highest BCUT2D eigenvalue weighted by Gasteiger charge is 2.07. The Bertz CT molecular complexity index is 906. The predicted molar refractivity (Wildman–Crippen MR) is 113 cm³/mol. The van der Waals surface area contributed by atoms with Crippen LogP contribution in [0.4, 0.5) is 17.5 Å². The molecule has 2 N–H and O–H groups in total. The summed E-state index contributed by atoms with van der Waals surface area (Å²) in [7, 11) is 1.65. The summed E-state index contributed by atoms with van der Waals surface area (Å²) in [6.07, 6.45) is 0. The third kappa shape index (κ3) is 5.13. The maximum atomic E-state index is 5.74. The van der Waals surface area contributed by atoms with Crippen LogP contribution in [0.15, 0.2) is 48.5 Å². The van der Waals surface area contributed by atoms with Gasteiger partial charge in [-0.05, 0) is 56.2 Å². The maximum Gasteiger partial charge on any atom is 0.229 e. The van der Waals surface area contributed by atoms with Crippen LogP contribution in [0.5, 0.6) is 11.5 Å². The maximum absolute atomic E-state index is 5.74. The van der Waals surface area contributed by atoms with Gasteiger partial charge in [-0.2, -0.15) is 4.98 Å². The first kappa shape index (κ1) is 19.5. The van der Waals surface area contributed by atoms with Gasteiger partial charge in [-0.15, -0.1) is 0 Å². The number of nitrogens with one attached hydrogen (secondary N) is 2. The zero-order valence-electron chi connectivity index (χ0n) is 16.7. The lowest BCUT2D eigenvalue weighted by Crippen LogP contribution is -2.13. The quantitative estimate of drug-likeness (QED) is 0.556. The van der Waals surface area contributed by atoms with Crippen LogP contribution >= 0.6 is 0 Å². The van der Waals surface area contributed by atoms with Crippen LogP contribution in [0, 0.1) is 20.8 Å². The first-order chi connectivity index (χ1) is 13.5. The second kappa shape index (κ2) is 9.08. The lowest BCUT2D eigenvalue weighted by atomic mass is 10.1. The van der Waals surface area contributed by atoms with E-state index < -0.39 is 0 Å². The Balaban J connectivity index is 1.58. The Morgan fingerprint density at radius 2 is 1.57 bits per heavy atom. The third-order valence-electron chi connectivity index (χ3n) is 4.31. The number of aryl methyl sites for hydroxylation is 3. The second-order valence-corrected chi connectivity index (χ2v) is 6.56. The molecule has 6 heteroatoms. The minimum absolute atomic E-state index is 0.523. The Hall–Kier alpha value is -3.28. The summed E-state index contributed by atoms with van der Waals surface area (Å²) >= 11 is 0. The number of para-hydroxylation sites is 1. The van der Waals surface area contributed by atoms with Crippen molar-refractivity contribution in [1.82, 2.24) is 9.97 Å². The number of hydrogen-bond donors (Lipinski definition) is 2. The molecular weight excluding hydrogens is 352 g/mol. The summed E-state index contributed by atoms with van der Waals surface area (Å²) < 4.78 is 10.9. The zero-order chi connectivity index (χ0) is 19.9. The molecule has 0 bridgehead atoms. The number of methoxy groups -OCH3 is 1. The van der Waals surface area contributed by atoms with E-state index in [9.17, 15) is 0 Å². The Labute approximate surface area is 166 Å². The standard InChI is InChI=1S/C22H26N4O2/c1-15-6-5-7-16(2)21(15)26-22-24-17(3)14-20(25-22)23-12-13-28-19-10-8-18(27-4)9-11-19/h5-11,14H,12-13H2,1-4H3,(H2,23,24,25,26). The van der Waals surface area contributed by atoms with Gasteiger partial charge in [-0.1, -0.05) is 18.2 Å². The number of nitrogens with zero attached hydrogens (tertiary/aromatic N) is 2. The Kier molecular flexibility index (Phi) is 6.32. The van der Waals surface area contributed by atoms with E-state index in [1.807, 2.05) is 43.3 Å². The van der Waals surface area contributed by atoms with Crippen LogP contribution < -0.4 is 20.1 Å². The van der Waals surface area contributed by atoms with E-state index >= 15 is 0 Å². The molecule has 0 spiro atoms. The van der Waals surface area contributed by atoms with Gasteiger partial charge in [-0.3, -0.25) is 0 Å². The van der Waals surface area contributed by atoms with Crippen LogP contribution in [0.1, 0.15) is 16.8 Å². The molecule has 0 saturated heterocycles. The third-order valence-corrected chi connectivity index (χ3v) is 4.31. The van der Waals surface area contributed by atoms with Gasteiger partial charge in [0.1, 0.15) is 23.9 Å². The highest BCUT2D eigenvalue weighted by Crippen LogP contribution is 2.23. The molecule has 0 aliphatic rings. The molecule has 3 rings (SSSR count). The molecule has 0 aliphatic carbocycles. The molecule has 0 radical (unpaired) electrons. The van der Waals surface area contributed by atoms with E-state index in [-0.39, 0.29) is 0 Å². The van der Waals surface area contributed by atoms with E-state index in [4.69, 9.17) is 9.47 Å². The largest absolute Gasteiger partial charge is 0.497 e. The molecule has 6 nitrogen and oxygen atoms in total. The number of ether oxygens (including phenoxy) is 2. The fourth-order valence-electron chi connectivity index (χ4n) is 2.86. The molecule has 3 aromatic rings. The van der Waals surface area contributed by atoms with Crippen molar-refractivity contribution in [1.29, 1.82) is 0 Å². The van der Waals surface area contributed by atoms with Gasteiger partial charge in [0.05, 0.1) is 13.7 Å². The zero-order valence-corrected chi connectivity index (χ0v) is 16.7. The Morgan fingerprint density at radius 1 is 0.893 bits per heavy atom. The number of rotatable bonds is 8. The summed E-state index contributed by atoms with van der Waals surface area (Å²) in [4.78, 5) is 9.07. The van der Waals surface area contributed by atoms with Gasteiger partial charge in [0, 0.05) is 17.4 Å². The van der Waals surface area contributed by atoms with Gasteiger partial charge in [0.2, 0.25) is 5.95 Å². The molecule has 0 aliphatic heterocycles. The topological polar surface area (TPSA) is 68.3 Å². The number of benzene rings is 2. The monoisotopic (exact) mass is 378 g/mol. The fourth-order valence-corrected chi connectivity index (χ4v) is 2.86. The van der Waals surface area contributed by atoms with Crippen molar-refractivity contribution in [2.24, 2.45) is 0 Å². The van der Waals surface area contributed by atoms with E-state index in [0.717, 1.165) is 39.8 Å². The number of hydrogen-bond acceptors (Lipinski definition) is 6. The van der Waals surface area contributed by atoms with Crippen molar-refractivity contribution in [3.05, 3.63) is 65.4 Å². The van der Waals surface area contributed by atoms with Gasteiger partial charge in [0.25, 0.3) is 0 Å². The van der Waals surface area contributed by atoms with Gasteiger partial charge in [0.15, 0.2) is 0 Å². The van der Waals surface area contributed by atoms with Gasteiger partial charge >= 0.3 is 0 Å². The van der Waals surface area contributed by atoms with Crippen molar-refractivity contribution in [3.8, 4) is 11.5 Å². The average Bonchev–Trinajstić information content (AvgIpc) is 2.68. The number of anilines is 3. The molecule has 0 saturated carbocycles. The molecule has 1 heterocycles. The first-order valence-corrected chi connectivity index (χ1v) is 9.25. The van der Waals surface area contributed by atoms with Crippen molar-refractivity contribution < 1.29 is 9.47 Å². The van der Waals surface area contributed by atoms with Crippen molar-refractivity contribution >= 4 is 17.5 Å². The molecule has 0 fully saturated rings. The minimum Gasteiger partial charge on any atom is -0.497 e. The summed E-state index contributed by atoms with van der Waals surface area (Å²) in [5.74, 6) is 2.96. The summed E-state index contributed by atoms with van der Waals surface area (Å²) in [5.41, 5.74) is 4.25. The van der Waals surface area contributed by atoms with E-state index in [1.165, 1.54) is 0 Å². The molecular formula is C22H26N4O2. The summed E-state index contributed by atoms with van der Waals surface area (Å²) in [6, 6.07) is 15.6. The molecule has 2 aromatic carbocycles. The lowest BCUT2D eigenvalue weighted by Gasteiger charge is -2.13.